The number of hydrogen-bond donors (Lipinski definition) is 2. The van der Waals surface area contributed by atoms with Crippen molar-refractivity contribution >= 4 is 17.5 Å². The third kappa shape index (κ3) is 4.83. The number of rotatable bonds is 6. The molecule has 7 nitrogen and oxygen atoms in total. The number of fused-ring (bicyclic) bond motifs is 1. The van der Waals surface area contributed by atoms with Gasteiger partial charge in [0.15, 0.2) is 0 Å². The van der Waals surface area contributed by atoms with E-state index in [1.807, 2.05) is 6.92 Å². The quantitative estimate of drug-likeness (QED) is 0.700. The van der Waals surface area contributed by atoms with E-state index in [2.05, 4.69) is 57.6 Å². The average Bonchev–Trinajstić information content (AvgIpc) is 3.07. The average molecular weight is 388 g/mol. The molecular formula is C21H33N5O2. The van der Waals surface area contributed by atoms with E-state index in [9.17, 15) is 9.59 Å². The van der Waals surface area contributed by atoms with Gasteiger partial charge in [0.2, 0.25) is 0 Å². The number of anilines is 1. The van der Waals surface area contributed by atoms with Gasteiger partial charge >= 0.3 is 11.8 Å². The number of nitrogens with one attached hydrogen (secondary N) is 2. The Morgan fingerprint density at radius 3 is 2.46 bits per heavy atom. The van der Waals surface area contributed by atoms with Crippen LogP contribution < -0.4 is 15.5 Å². The van der Waals surface area contributed by atoms with Crippen LogP contribution in [0, 0.1) is 0 Å². The number of hydrogen-bond acceptors (Lipinski definition) is 5. The van der Waals surface area contributed by atoms with E-state index < -0.39 is 11.8 Å². The van der Waals surface area contributed by atoms with Crippen LogP contribution >= 0.6 is 0 Å². The predicted molar refractivity (Wildman–Crippen MR) is 112 cm³/mol. The Kier molecular flexibility index (Phi) is 6.91. The Hall–Kier alpha value is -2.12. The molecule has 0 unspecified atom stereocenters. The molecule has 154 valence electrons. The lowest BCUT2D eigenvalue weighted by Crippen LogP contribution is -2.49. The normalized spacial score (nSPS) is 18.6. The highest BCUT2D eigenvalue weighted by molar-refractivity contribution is 6.35. The maximum Gasteiger partial charge on any atom is 0.309 e. The van der Waals surface area contributed by atoms with Crippen molar-refractivity contribution in [2.24, 2.45) is 0 Å². The number of nitrogens with zero attached hydrogens (tertiary/aromatic N) is 3. The molecule has 1 aromatic rings. The first-order valence-corrected chi connectivity index (χ1v) is 10.3. The Morgan fingerprint density at radius 1 is 1.04 bits per heavy atom. The largest absolute Gasteiger partial charge is 0.374 e. The number of carbonyl (C=O) groups is 2. The Balaban J connectivity index is 1.72. The fraction of sp³-hybridized carbons (Fsp3) is 0.619. The van der Waals surface area contributed by atoms with Crippen molar-refractivity contribution in [3.05, 3.63) is 29.3 Å². The molecule has 1 atom stereocenters. The number of piperazine rings is 1. The van der Waals surface area contributed by atoms with Gasteiger partial charge in [-0.3, -0.25) is 14.5 Å². The van der Waals surface area contributed by atoms with Crippen LogP contribution in [0.15, 0.2) is 18.2 Å². The molecule has 0 bridgehead atoms. The number of benzene rings is 1. The second-order valence-electron chi connectivity index (χ2n) is 7.88. The lowest BCUT2D eigenvalue weighted by molar-refractivity contribution is -0.139. The highest BCUT2D eigenvalue weighted by Gasteiger charge is 2.27. The Morgan fingerprint density at radius 2 is 1.75 bits per heavy atom. The van der Waals surface area contributed by atoms with E-state index in [1.54, 1.807) is 0 Å². The molecule has 2 heterocycles. The van der Waals surface area contributed by atoms with Crippen molar-refractivity contribution in [1.82, 2.24) is 20.4 Å². The van der Waals surface area contributed by atoms with Gasteiger partial charge in [0, 0.05) is 58.5 Å². The SMILES string of the molecule is CCCNC(=O)C(=O)NC[C@@H](c1ccc2c(c1)CCN2C)N1CCN(C)CC1. The lowest BCUT2D eigenvalue weighted by atomic mass is 10.00. The fourth-order valence-electron chi connectivity index (χ4n) is 3.97. The third-order valence-electron chi connectivity index (χ3n) is 5.79. The molecule has 2 N–H and O–H groups in total. The number of likely N-dealkylation sites (N-methyl/N-ethyl adjacent to an activating group) is 2. The van der Waals surface area contributed by atoms with E-state index in [-0.39, 0.29) is 6.04 Å². The van der Waals surface area contributed by atoms with Gasteiger partial charge in [-0.05, 0) is 37.1 Å². The van der Waals surface area contributed by atoms with E-state index in [0.717, 1.165) is 45.6 Å². The molecule has 0 saturated carbocycles. The van der Waals surface area contributed by atoms with Crippen LogP contribution in [0.1, 0.15) is 30.5 Å². The van der Waals surface area contributed by atoms with Crippen molar-refractivity contribution in [2.75, 3.05) is 64.8 Å². The second-order valence-corrected chi connectivity index (χ2v) is 7.88. The minimum atomic E-state index is -0.548. The summed E-state index contributed by atoms with van der Waals surface area (Å²) in [6.45, 7) is 7.90. The monoisotopic (exact) mass is 387 g/mol. The second kappa shape index (κ2) is 9.39. The van der Waals surface area contributed by atoms with Gasteiger partial charge in [-0.25, -0.2) is 0 Å². The topological polar surface area (TPSA) is 67.9 Å². The summed E-state index contributed by atoms with van der Waals surface area (Å²) in [4.78, 5) is 31.1. The molecule has 0 spiro atoms. The van der Waals surface area contributed by atoms with Crippen molar-refractivity contribution in [1.29, 1.82) is 0 Å². The molecule has 1 aromatic carbocycles. The van der Waals surface area contributed by atoms with Gasteiger partial charge in [0.05, 0.1) is 6.04 Å². The van der Waals surface area contributed by atoms with Gasteiger partial charge in [0.25, 0.3) is 0 Å². The van der Waals surface area contributed by atoms with Crippen LogP contribution in [-0.2, 0) is 16.0 Å². The van der Waals surface area contributed by atoms with Gasteiger partial charge in [-0.1, -0.05) is 19.1 Å². The van der Waals surface area contributed by atoms with Gasteiger partial charge in [-0.2, -0.15) is 0 Å². The predicted octanol–water partition coefficient (Wildman–Crippen LogP) is 0.610. The van der Waals surface area contributed by atoms with Crippen molar-refractivity contribution in [3.63, 3.8) is 0 Å². The molecule has 3 rings (SSSR count). The minimum absolute atomic E-state index is 0.0767. The Bertz CT molecular complexity index is 700. The minimum Gasteiger partial charge on any atom is -0.374 e. The van der Waals surface area contributed by atoms with Crippen molar-refractivity contribution < 1.29 is 9.59 Å². The fourth-order valence-corrected chi connectivity index (χ4v) is 3.97. The number of amides is 2. The van der Waals surface area contributed by atoms with Crippen LogP contribution in [0.25, 0.3) is 0 Å². The van der Waals surface area contributed by atoms with E-state index in [0.29, 0.717) is 13.1 Å². The molecule has 2 amide bonds. The van der Waals surface area contributed by atoms with Gasteiger partial charge in [0.1, 0.15) is 0 Å². The summed E-state index contributed by atoms with van der Waals surface area (Å²) < 4.78 is 0. The van der Waals surface area contributed by atoms with Crippen molar-refractivity contribution in [3.8, 4) is 0 Å². The first-order valence-electron chi connectivity index (χ1n) is 10.3. The third-order valence-corrected chi connectivity index (χ3v) is 5.79. The van der Waals surface area contributed by atoms with Crippen LogP contribution in [0.4, 0.5) is 5.69 Å². The lowest BCUT2D eigenvalue weighted by Gasteiger charge is -2.38. The van der Waals surface area contributed by atoms with Crippen LogP contribution in [0.2, 0.25) is 0 Å². The summed E-state index contributed by atoms with van der Waals surface area (Å²) in [5.41, 5.74) is 3.88. The number of carbonyl (C=O) groups excluding carboxylic acids is 2. The summed E-state index contributed by atoms with van der Waals surface area (Å²) in [5, 5.41) is 5.50. The maximum absolute atomic E-state index is 12.2. The molecule has 7 heteroatoms. The molecule has 0 radical (unpaired) electrons. The molecular weight excluding hydrogens is 354 g/mol. The highest BCUT2D eigenvalue weighted by atomic mass is 16.2. The summed E-state index contributed by atoms with van der Waals surface area (Å²) in [6, 6.07) is 6.72. The molecule has 0 aliphatic carbocycles. The smallest absolute Gasteiger partial charge is 0.309 e. The summed E-state index contributed by atoms with van der Waals surface area (Å²) in [5.74, 6) is -1.09. The van der Waals surface area contributed by atoms with Gasteiger partial charge < -0.3 is 20.4 Å². The maximum atomic E-state index is 12.2. The molecule has 2 aliphatic rings. The molecule has 0 aromatic heterocycles. The standard InChI is InChI=1S/C21H33N5O2/c1-4-8-22-20(27)21(28)23-15-19(26-12-10-24(2)11-13-26)16-5-6-18-17(14-16)7-9-25(18)3/h5-6,14,19H,4,7-13,15H2,1-3H3,(H,22,27)(H,23,28)/t19-/m0/s1. The molecule has 28 heavy (non-hydrogen) atoms. The van der Waals surface area contributed by atoms with E-state index >= 15 is 0 Å². The summed E-state index contributed by atoms with van der Waals surface area (Å²) in [6.07, 6.45) is 1.87. The first kappa shape index (κ1) is 20.6. The first-order chi connectivity index (χ1) is 13.5. The molecule has 1 fully saturated rings. The zero-order valence-electron chi connectivity index (χ0n) is 17.3. The van der Waals surface area contributed by atoms with Crippen LogP contribution in [0.5, 0.6) is 0 Å². The van der Waals surface area contributed by atoms with Crippen LogP contribution in [0.3, 0.4) is 0 Å². The molecule has 2 aliphatic heterocycles. The van der Waals surface area contributed by atoms with E-state index in [1.165, 1.54) is 16.8 Å². The van der Waals surface area contributed by atoms with Crippen molar-refractivity contribution in [2.45, 2.75) is 25.8 Å². The van der Waals surface area contributed by atoms with E-state index in [4.69, 9.17) is 0 Å². The van der Waals surface area contributed by atoms with Crippen LogP contribution in [-0.4, -0.2) is 81.5 Å². The summed E-state index contributed by atoms with van der Waals surface area (Å²) >= 11 is 0. The highest BCUT2D eigenvalue weighted by Crippen LogP contribution is 2.31. The summed E-state index contributed by atoms with van der Waals surface area (Å²) in [7, 11) is 4.26. The Labute approximate surface area is 168 Å². The zero-order valence-corrected chi connectivity index (χ0v) is 17.3. The molecule has 1 saturated heterocycles. The zero-order chi connectivity index (χ0) is 20.1. The van der Waals surface area contributed by atoms with Gasteiger partial charge in [-0.15, -0.1) is 0 Å².